The average molecular weight is 1430 g/mol. The average Bonchev–Trinajstić information content (AvgIpc) is 0.750. The minimum absolute atomic E-state index is 0.0159. The van der Waals surface area contributed by atoms with E-state index in [0.29, 0.717) is 5.39 Å². The van der Waals surface area contributed by atoms with E-state index in [9.17, 15) is 62.3 Å². The van der Waals surface area contributed by atoms with Gasteiger partial charge in [-0.15, -0.1) is 0 Å². The highest BCUT2D eigenvalue weighted by molar-refractivity contribution is 6.20. The number of alkyl halides is 1. The molecule has 0 aliphatic carbocycles. The summed E-state index contributed by atoms with van der Waals surface area (Å²) in [7, 11) is 0.810. The molecule has 0 aromatic heterocycles. The van der Waals surface area contributed by atoms with Gasteiger partial charge in [0.25, 0.3) is 11.7 Å². The van der Waals surface area contributed by atoms with Crippen molar-refractivity contribution in [3.8, 4) is 0 Å². The Bertz CT molecular complexity index is 3330. The normalized spacial score (nSPS) is 30.1. The number of amides is 2. The number of carbonyl (C=O) groups is 14. The third-order valence-electron chi connectivity index (χ3n) is 15.1. The lowest BCUT2D eigenvalue weighted by Crippen LogP contribution is -2.72. The molecule has 99 heavy (non-hydrogen) atoms. The van der Waals surface area contributed by atoms with Gasteiger partial charge in [0.1, 0.15) is 62.5 Å². The highest BCUT2D eigenvalue weighted by Gasteiger charge is 2.65. The molecule has 35 nitrogen and oxygen atoms in total. The largest absolute Gasteiger partial charge is 0.465 e. The predicted molar refractivity (Wildman–Crippen MR) is 324 cm³/mol. The van der Waals surface area contributed by atoms with Crippen LogP contribution in [-0.2, 0) is 152 Å². The lowest BCUT2D eigenvalue weighted by molar-refractivity contribution is -0.385. The number of halogens is 1. The van der Waals surface area contributed by atoms with E-state index in [-0.39, 0.29) is 5.56 Å². The Morgan fingerprint density at radius 3 is 1.56 bits per heavy atom. The van der Waals surface area contributed by atoms with Gasteiger partial charge in [0.15, 0.2) is 60.9 Å². The topological polar surface area (TPSA) is 438 Å². The number of fused-ring (bicyclic) bond motifs is 1. The summed E-state index contributed by atoms with van der Waals surface area (Å²) in [5.74, 6) is -18.2. The summed E-state index contributed by atoms with van der Waals surface area (Å²) in [6.07, 6.45) is -34.8. The van der Waals surface area contributed by atoms with Crippen molar-refractivity contribution in [3.63, 3.8) is 0 Å². The molecule has 0 saturated carbocycles. The van der Waals surface area contributed by atoms with Crippen molar-refractivity contribution < 1.29 is 157 Å². The Hall–Kier alpha value is -8.71. The molecule has 2 aromatic carbocycles. The predicted octanol–water partition coefficient (Wildman–Crippen LogP) is 0.833. The molecule has 4 saturated heterocycles. The molecule has 36 heteroatoms. The van der Waals surface area contributed by atoms with Gasteiger partial charge in [0.05, 0.1) is 31.7 Å². The van der Waals surface area contributed by atoms with E-state index in [0.717, 1.165) is 95.6 Å². The summed E-state index contributed by atoms with van der Waals surface area (Å²) in [4.78, 5) is 186. The van der Waals surface area contributed by atoms with Crippen LogP contribution < -0.4 is 10.6 Å². The van der Waals surface area contributed by atoms with Crippen LogP contribution in [0.25, 0.3) is 10.8 Å². The molecule has 4 fully saturated rings. The standard InChI is InChI=1S/C63H79ClN2O33/c1-26-48(88-33(8)73)54(91-36(11)76)56(92-37(12)77)60(85-26)97-52-47(66-59(79)41-20-19-39-17-15-16-18-40(39)21-41)58(64)94-44(24-83-29(4)69)49(52)96-61-57(93-38(13)78)55(51(90-35(10)75)45(95-61)25-84-30(5)70)99-63(62(80)81-14)22-42(86-31(6)71)46(65-27(2)67)53(98-63)50(89-34(9)74)43(87-32(7)72)23-82-28(3)68/h15-21,26,42-58,60-61H,22-25H2,1-14H3,(H,65,67)(H,66,79)/t26-,42-,43+,44+,45+,46+,47+,48+,49+,50+,51-,52+,53+,54+,55-,56-,57+,58?,60-,61-,63-/m0/s1. The van der Waals surface area contributed by atoms with Gasteiger partial charge in [0, 0.05) is 88.6 Å². The summed E-state index contributed by atoms with van der Waals surface area (Å²) in [6, 6.07) is 8.06. The molecule has 1 unspecified atom stereocenters. The van der Waals surface area contributed by atoms with Crippen molar-refractivity contribution >= 4 is 106 Å². The quantitative estimate of drug-likeness (QED) is 0.0748. The molecule has 21 atom stereocenters. The molecule has 2 N–H and O–H groups in total. The van der Waals surface area contributed by atoms with Crippen molar-refractivity contribution in [2.24, 2.45) is 0 Å². The number of nitrogens with one attached hydrogen (secondary N) is 2. The van der Waals surface area contributed by atoms with Crippen molar-refractivity contribution in [1.82, 2.24) is 10.6 Å². The maximum Gasteiger partial charge on any atom is 0.366 e. The monoisotopic (exact) mass is 1430 g/mol. The minimum atomic E-state index is -3.25. The first-order chi connectivity index (χ1) is 46.5. The Morgan fingerprint density at radius 2 is 1.02 bits per heavy atom. The van der Waals surface area contributed by atoms with E-state index in [4.69, 9.17) is 102 Å². The number of hydrogen-bond acceptors (Lipinski definition) is 33. The fourth-order valence-electron chi connectivity index (χ4n) is 11.5. The second-order valence-electron chi connectivity index (χ2n) is 23.0. The van der Waals surface area contributed by atoms with Gasteiger partial charge in [-0.25, -0.2) is 4.79 Å². The third kappa shape index (κ3) is 21.6. The summed E-state index contributed by atoms with van der Waals surface area (Å²) in [6.45, 7) is 10.0. The molecule has 4 aliphatic rings. The first-order valence-electron chi connectivity index (χ1n) is 30.7. The molecule has 0 spiro atoms. The molecular formula is C63H79ClN2O33. The molecule has 0 bridgehead atoms. The fraction of sp³-hybridized carbons (Fsp3) is 0.619. The Morgan fingerprint density at radius 1 is 0.515 bits per heavy atom. The second kappa shape index (κ2) is 35.4. The van der Waals surface area contributed by atoms with E-state index in [2.05, 4.69) is 10.6 Å². The van der Waals surface area contributed by atoms with Crippen LogP contribution in [0.15, 0.2) is 42.5 Å². The van der Waals surface area contributed by atoms with Crippen LogP contribution in [-0.4, -0.2) is 238 Å². The van der Waals surface area contributed by atoms with Gasteiger partial charge in [-0.2, -0.15) is 0 Å². The zero-order valence-electron chi connectivity index (χ0n) is 56.3. The third-order valence-corrected chi connectivity index (χ3v) is 15.4. The molecule has 6 rings (SSSR count). The molecule has 4 aliphatic heterocycles. The van der Waals surface area contributed by atoms with Gasteiger partial charge in [-0.1, -0.05) is 41.9 Å². The van der Waals surface area contributed by atoms with Gasteiger partial charge in [-0.05, 0) is 29.8 Å². The van der Waals surface area contributed by atoms with E-state index in [1.165, 1.54) is 19.1 Å². The van der Waals surface area contributed by atoms with E-state index >= 15 is 4.79 Å². The molecule has 2 amide bonds. The van der Waals surface area contributed by atoms with Crippen molar-refractivity contribution in [2.45, 2.75) is 224 Å². The SMILES string of the molecule is COC(=O)[C@@]1(O[C@H]2[C@@H](OC(C)=O)[C@@H](COC(C)=O)O[C@@H](O[C@H]3[C@H](O[C@@H]4O[C@@H](C)[C@@H](OC(C)=O)[C@@H](OC(C)=O)[C@@H]4OC(C)=O)[C@@H](NC(=O)c4ccc5ccccc5c4)C(Cl)O[C@@H]3COC(C)=O)[C@@H]2OC(C)=O)C[C@H](OC(C)=O)[C@@H](NC(C)=O)[C@H]([C@H](OC(C)=O)[C@@H](COC(C)=O)OC(C)=O)O1. The molecule has 0 radical (unpaired) electrons. The summed E-state index contributed by atoms with van der Waals surface area (Å²) < 4.78 is 113. The van der Waals surface area contributed by atoms with Gasteiger partial charge in [0.2, 0.25) is 5.91 Å². The van der Waals surface area contributed by atoms with Gasteiger partial charge < -0.3 is 101 Å². The summed E-state index contributed by atoms with van der Waals surface area (Å²) in [5.41, 5.74) is -1.78. The number of rotatable bonds is 26. The second-order valence-corrected chi connectivity index (χ2v) is 23.5. The number of ether oxygens (including phenoxy) is 19. The van der Waals surface area contributed by atoms with Crippen molar-refractivity contribution in [3.05, 3.63) is 48.0 Å². The van der Waals surface area contributed by atoms with Crippen molar-refractivity contribution in [1.29, 1.82) is 0 Å². The van der Waals surface area contributed by atoms with Crippen LogP contribution in [0.1, 0.15) is 107 Å². The molecular weight excluding hydrogens is 1350 g/mol. The van der Waals surface area contributed by atoms with E-state index in [1.54, 1.807) is 30.3 Å². The number of esters is 12. The van der Waals surface area contributed by atoms with Crippen LogP contribution in [0, 0.1) is 0 Å². The maximum absolute atomic E-state index is 15.1. The van der Waals surface area contributed by atoms with Gasteiger partial charge >= 0.3 is 71.6 Å². The van der Waals surface area contributed by atoms with Crippen LogP contribution in [0.5, 0.6) is 0 Å². The van der Waals surface area contributed by atoms with Crippen LogP contribution in [0.3, 0.4) is 0 Å². The number of carbonyl (C=O) groups excluding carboxylic acids is 14. The van der Waals surface area contributed by atoms with Crippen molar-refractivity contribution in [2.75, 3.05) is 26.9 Å². The zero-order valence-corrected chi connectivity index (χ0v) is 57.0. The maximum atomic E-state index is 15.1. The first kappa shape index (κ1) is 79.3. The molecule has 546 valence electrons. The fourth-order valence-corrected chi connectivity index (χ4v) is 11.8. The van der Waals surface area contributed by atoms with Gasteiger partial charge in [-0.3, -0.25) is 62.3 Å². The Labute approximate surface area is 570 Å². The lowest BCUT2D eigenvalue weighted by atomic mass is 9.87. The van der Waals surface area contributed by atoms with E-state index in [1.807, 2.05) is 0 Å². The Balaban J connectivity index is 1.66. The number of benzene rings is 2. The van der Waals surface area contributed by atoms with E-state index < -0.39 is 237 Å². The number of hydrogen-bond donors (Lipinski definition) is 2. The molecule has 4 heterocycles. The highest BCUT2D eigenvalue weighted by Crippen LogP contribution is 2.43. The Kier molecular flexibility index (Phi) is 28.3. The molecule has 2 aromatic rings. The summed E-state index contributed by atoms with van der Waals surface area (Å²) >= 11 is 7.17. The lowest BCUT2D eigenvalue weighted by Gasteiger charge is -2.53. The minimum Gasteiger partial charge on any atom is -0.465 e. The first-order valence-corrected chi connectivity index (χ1v) is 31.1. The number of methoxy groups -OCH3 is 1. The summed E-state index contributed by atoms with van der Waals surface area (Å²) in [5, 5.41) is 6.61. The van der Waals surface area contributed by atoms with Crippen LogP contribution >= 0.6 is 11.6 Å². The smallest absolute Gasteiger partial charge is 0.366 e. The zero-order chi connectivity index (χ0) is 73.5. The van der Waals surface area contributed by atoms with Crippen LogP contribution in [0.2, 0.25) is 0 Å². The highest BCUT2D eigenvalue weighted by atomic mass is 35.5. The van der Waals surface area contributed by atoms with Crippen LogP contribution in [0.4, 0.5) is 0 Å².